The van der Waals surface area contributed by atoms with E-state index in [9.17, 15) is 4.79 Å². The molecule has 0 heterocycles. The molecule has 2 aromatic rings. The van der Waals surface area contributed by atoms with Crippen LogP contribution >= 0.6 is 0 Å². The summed E-state index contributed by atoms with van der Waals surface area (Å²) in [5, 5.41) is 2.91. The number of carbonyl (C=O) groups is 1. The van der Waals surface area contributed by atoms with Crippen molar-refractivity contribution in [1.29, 1.82) is 0 Å². The topological polar surface area (TPSA) is 47.6 Å². The number of ether oxygens (including phenoxy) is 2. The fourth-order valence-corrected chi connectivity index (χ4v) is 2.46. The van der Waals surface area contributed by atoms with Gasteiger partial charge in [0.25, 0.3) is 0 Å². The van der Waals surface area contributed by atoms with Crippen LogP contribution in [0.15, 0.2) is 54.6 Å². The first kappa shape index (κ1) is 19.6. The second kappa shape index (κ2) is 10.3. The number of hydrogen-bond donors (Lipinski definition) is 1. The Kier molecular flexibility index (Phi) is 7.75. The molecule has 2 aromatic carbocycles. The van der Waals surface area contributed by atoms with E-state index in [1.54, 1.807) is 19.3 Å². The molecule has 0 saturated carbocycles. The Hall–Kier alpha value is -2.75. The average Bonchev–Trinajstić information content (AvgIpc) is 2.65. The first-order valence-electron chi connectivity index (χ1n) is 8.92. The number of aryl methyl sites for hydroxylation is 1. The SMILES string of the molecule is COc1ccc(/C=C/C(=O)NCCCc2ccc(OC(C)C)cc2)cc1. The standard InChI is InChI=1S/C22H27NO3/c1-17(2)26-21-13-8-18(9-14-21)5-4-16-23-22(24)15-10-19-6-11-20(25-3)12-7-19/h6-15,17H,4-5,16H2,1-3H3,(H,23,24)/b15-10+. The van der Waals surface area contributed by atoms with Gasteiger partial charge in [0.05, 0.1) is 13.2 Å². The molecule has 0 aliphatic rings. The van der Waals surface area contributed by atoms with E-state index < -0.39 is 0 Å². The molecule has 4 nitrogen and oxygen atoms in total. The highest BCUT2D eigenvalue weighted by atomic mass is 16.5. The van der Waals surface area contributed by atoms with E-state index in [4.69, 9.17) is 9.47 Å². The Morgan fingerprint density at radius 2 is 1.69 bits per heavy atom. The third-order valence-electron chi connectivity index (χ3n) is 3.78. The number of nitrogens with one attached hydrogen (secondary N) is 1. The van der Waals surface area contributed by atoms with Crippen molar-refractivity contribution >= 4 is 12.0 Å². The van der Waals surface area contributed by atoms with E-state index in [2.05, 4.69) is 17.4 Å². The maximum Gasteiger partial charge on any atom is 0.243 e. The zero-order chi connectivity index (χ0) is 18.8. The molecule has 0 unspecified atom stereocenters. The number of amides is 1. The third-order valence-corrected chi connectivity index (χ3v) is 3.78. The Balaban J connectivity index is 1.68. The molecule has 0 saturated heterocycles. The van der Waals surface area contributed by atoms with Crippen molar-refractivity contribution in [2.75, 3.05) is 13.7 Å². The summed E-state index contributed by atoms with van der Waals surface area (Å²) in [6, 6.07) is 15.7. The fourth-order valence-electron chi connectivity index (χ4n) is 2.46. The van der Waals surface area contributed by atoms with Crippen LogP contribution in [0.3, 0.4) is 0 Å². The minimum atomic E-state index is -0.0819. The molecule has 0 aliphatic heterocycles. The van der Waals surface area contributed by atoms with Crippen molar-refractivity contribution in [3.8, 4) is 11.5 Å². The van der Waals surface area contributed by atoms with E-state index >= 15 is 0 Å². The van der Waals surface area contributed by atoms with Crippen molar-refractivity contribution in [2.45, 2.75) is 32.8 Å². The molecule has 0 aliphatic carbocycles. The zero-order valence-corrected chi connectivity index (χ0v) is 15.7. The van der Waals surface area contributed by atoms with Gasteiger partial charge in [-0.05, 0) is 68.2 Å². The first-order valence-corrected chi connectivity index (χ1v) is 8.92. The van der Waals surface area contributed by atoms with Crippen LogP contribution < -0.4 is 14.8 Å². The molecule has 1 N–H and O–H groups in total. The number of carbonyl (C=O) groups excluding carboxylic acids is 1. The molecule has 138 valence electrons. The first-order chi connectivity index (χ1) is 12.6. The Bertz CT molecular complexity index is 703. The van der Waals surface area contributed by atoms with Crippen molar-refractivity contribution < 1.29 is 14.3 Å². The molecule has 0 spiro atoms. The fraction of sp³-hybridized carbons (Fsp3) is 0.318. The lowest BCUT2D eigenvalue weighted by Gasteiger charge is -2.10. The summed E-state index contributed by atoms with van der Waals surface area (Å²) in [5.41, 5.74) is 2.20. The molecule has 1 amide bonds. The molecule has 0 radical (unpaired) electrons. The summed E-state index contributed by atoms with van der Waals surface area (Å²) in [6.07, 6.45) is 5.35. The van der Waals surface area contributed by atoms with Gasteiger partial charge in [0.2, 0.25) is 5.91 Å². The van der Waals surface area contributed by atoms with Crippen LogP contribution in [-0.4, -0.2) is 25.7 Å². The highest BCUT2D eigenvalue weighted by Crippen LogP contribution is 2.15. The molecule has 0 aromatic heterocycles. The lowest BCUT2D eigenvalue weighted by atomic mass is 10.1. The van der Waals surface area contributed by atoms with Crippen LogP contribution in [0.2, 0.25) is 0 Å². The van der Waals surface area contributed by atoms with Crippen LogP contribution in [0.1, 0.15) is 31.4 Å². The minimum absolute atomic E-state index is 0.0819. The van der Waals surface area contributed by atoms with Gasteiger partial charge in [-0.3, -0.25) is 4.79 Å². The van der Waals surface area contributed by atoms with Crippen molar-refractivity contribution in [3.05, 3.63) is 65.7 Å². The highest BCUT2D eigenvalue weighted by molar-refractivity contribution is 5.91. The molecule has 0 bridgehead atoms. The Morgan fingerprint density at radius 1 is 1.04 bits per heavy atom. The summed E-state index contributed by atoms with van der Waals surface area (Å²) in [7, 11) is 1.63. The summed E-state index contributed by atoms with van der Waals surface area (Å²) >= 11 is 0. The number of methoxy groups -OCH3 is 1. The third kappa shape index (κ3) is 7.01. The Morgan fingerprint density at radius 3 is 2.31 bits per heavy atom. The number of hydrogen-bond acceptors (Lipinski definition) is 3. The molecule has 26 heavy (non-hydrogen) atoms. The van der Waals surface area contributed by atoms with Gasteiger partial charge in [0, 0.05) is 12.6 Å². The molecular weight excluding hydrogens is 326 g/mol. The summed E-state index contributed by atoms with van der Waals surface area (Å²) in [5.74, 6) is 1.61. The predicted octanol–water partition coefficient (Wildman–Crippen LogP) is 4.24. The maximum absolute atomic E-state index is 11.9. The second-order valence-corrected chi connectivity index (χ2v) is 6.31. The molecule has 0 atom stereocenters. The van der Waals surface area contributed by atoms with Gasteiger partial charge < -0.3 is 14.8 Å². The quantitative estimate of drug-likeness (QED) is 0.542. The van der Waals surface area contributed by atoms with E-state index in [1.807, 2.05) is 50.2 Å². The van der Waals surface area contributed by atoms with Crippen molar-refractivity contribution in [1.82, 2.24) is 5.32 Å². The van der Waals surface area contributed by atoms with Crippen molar-refractivity contribution in [3.63, 3.8) is 0 Å². The van der Waals surface area contributed by atoms with Gasteiger partial charge in [0.1, 0.15) is 11.5 Å². The smallest absolute Gasteiger partial charge is 0.243 e. The molecule has 0 fully saturated rings. The zero-order valence-electron chi connectivity index (χ0n) is 15.7. The number of rotatable bonds is 9. The molecule has 2 rings (SSSR count). The van der Waals surface area contributed by atoms with Gasteiger partial charge in [-0.2, -0.15) is 0 Å². The van der Waals surface area contributed by atoms with Gasteiger partial charge in [-0.25, -0.2) is 0 Å². The lowest BCUT2D eigenvalue weighted by molar-refractivity contribution is -0.116. The van der Waals surface area contributed by atoms with Gasteiger partial charge in [0.15, 0.2) is 0 Å². The predicted molar refractivity (Wildman–Crippen MR) is 106 cm³/mol. The van der Waals surface area contributed by atoms with Crippen LogP contribution in [0.4, 0.5) is 0 Å². The number of benzene rings is 2. The summed E-state index contributed by atoms with van der Waals surface area (Å²) in [4.78, 5) is 11.9. The van der Waals surface area contributed by atoms with Gasteiger partial charge >= 0.3 is 0 Å². The van der Waals surface area contributed by atoms with Crippen LogP contribution in [0.25, 0.3) is 6.08 Å². The largest absolute Gasteiger partial charge is 0.497 e. The second-order valence-electron chi connectivity index (χ2n) is 6.31. The van der Waals surface area contributed by atoms with E-state index in [0.717, 1.165) is 29.9 Å². The molecular formula is C22H27NO3. The highest BCUT2D eigenvalue weighted by Gasteiger charge is 2.00. The monoisotopic (exact) mass is 353 g/mol. The average molecular weight is 353 g/mol. The van der Waals surface area contributed by atoms with E-state index in [1.165, 1.54) is 5.56 Å². The van der Waals surface area contributed by atoms with E-state index in [0.29, 0.717) is 6.54 Å². The maximum atomic E-state index is 11.9. The lowest BCUT2D eigenvalue weighted by Crippen LogP contribution is -2.22. The summed E-state index contributed by atoms with van der Waals surface area (Å²) in [6.45, 7) is 4.68. The van der Waals surface area contributed by atoms with Gasteiger partial charge in [-0.15, -0.1) is 0 Å². The van der Waals surface area contributed by atoms with Crippen LogP contribution in [0, 0.1) is 0 Å². The van der Waals surface area contributed by atoms with Crippen molar-refractivity contribution in [2.24, 2.45) is 0 Å². The van der Waals surface area contributed by atoms with Gasteiger partial charge in [-0.1, -0.05) is 24.3 Å². The van der Waals surface area contributed by atoms with E-state index in [-0.39, 0.29) is 12.0 Å². The minimum Gasteiger partial charge on any atom is -0.497 e. The van der Waals surface area contributed by atoms with Crippen LogP contribution in [0.5, 0.6) is 11.5 Å². The summed E-state index contributed by atoms with van der Waals surface area (Å²) < 4.78 is 10.7. The van der Waals surface area contributed by atoms with Crippen LogP contribution in [-0.2, 0) is 11.2 Å². The normalized spacial score (nSPS) is 10.9. The Labute approximate surface area is 155 Å². The molecule has 4 heteroatoms.